The highest BCUT2D eigenvalue weighted by Gasteiger charge is 2.59. The number of nitrogens with zero attached hydrogens (tertiary/aromatic N) is 4. The molecular formula is C36H47N5O7S. The van der Waals surface area contributed by atoms with E-state index in [4.69, 9.17) is 5.73 Å². The summed E-state index contributed by atoms with van der Waals surface area (Å²) in [5, 5.41) is 22.3. The maximum atomic E-state index is 14.2. The van der Waals surface area contributed by atoms with Crippen LogP contribution in [0.25, 0.3) is 0 Å². The quantitative estimate of drug-likeness (QED) is 0.202. The molecule has 13 heteroatoms. The zero-order valence-electron chi connectivity index (χ0n) is 28.9. The minimum Gasteiger partial charge on any atom is -0.508 e. The van der Waals surface area contributed by atoms with Crippen molar-refractivity contribution < 1.29 is 33.0 Å². The molecule has 2 heterocycles. The largest absolute Gasteiger partial charge is 0.508 e. The van der Waals surface area contributed by atoms with Gasteiger partial charge in [0.25, 0.3) is 5.91 Å². The van der Waals surface area contributed by atoms with E-state index in [2.05, 4.69) is 4.98 Å². The van der Waals surface area contributed by atoms with Crippen molar-refractivity contribution in [3.05, 3.63) is 89.2 Å². The third kappa shape index (κ3) is 7.79. The number of amides is 4. The highest BCUT2D eigenvalue weighted by atomic mass is 32.2. The predicted octanol–water partition coefficient (Wildman–Crippen LogP) is 3.62. The number of carbonyl (C=O) groups is 3. The van der Waals surface area contributed by atoms with Crippen LogP contribution in [0.5, 0.6) is 5.75 Å². The predicted molar refractivity (Wildman–Crippen MR) is 184 cm³/mol. The molecule has 264 valence electrons. The van der Waals surface area contributed by atoms with Gasteiger partial charge < -0.3 is 15.9 Å². The molecule has 2 aromatic carbocycles. The molecule has 0 saturated carbocycles. The highest BCUT2D eigenvalue weighted by Crippen LogP contribution is 2.41. The van der Waals surface area contributed by atoms with E-state index >= 15 is 0 Å². The number of phenolic OH excluding ortho intramolecular Hbond substituents is 1. The Kier molecular flexibility index (Phi) is 11.5. The van der Waals surface area contributed by atoms with Crippen LogP contribution in [0, 0.1) is 31.6 Å². The molecule has 0 radical (unpaired) electrons. The minimum absolute atomic E-state index is 0.0288. The Labute approximate surface area is 288 Å². The lowest BCUT2D eigenvalue weighted by Crippen LogP contribution is -2.69. The van der Waals surface area contributed by atoms with Gasteiger partial charge in [-0.2, -0.15) is 4.31 Å². The number of rotatable bonds is 15. The monoisotopic (exact) mass is 693 g/mol. The lowest BCUT2D eigenvalue weighted by atomic mass is 9.68. The van der Waals surface area contributed by atoms with Crippen molar-refractivity contribution in [1.29, 1.82) is 0 Å². The Hall–Kier alpha value is -4.33. The van der Waals surface area contributed by atoms with Gasteiger partial charge in [-0.15, -0.1) is 0 Å². The number of aromatic hydroxyl groups is 1. The Balaban J connectivity index is 1.82. The van der Waals surface area contributed by atoms with Crippen LogP contribution in [-0.2, 0) is 32.6 Å². The van der Waals surface area contributed by atoms with E-state index in [0.717, 1.165) is 14.1 Å². The number of nitrogens with two attached hydrogens (primary N) is 1. The molecule has 3 atom stereocenters. The molecule has 3 aromatic rings. The summed E-state index contributed by atoms with van der Waals surface area (Å²) in [6.45, 7) is 9.45. The third-order valence-corrected chi connectivity index (χ3v) is 11.0. The van der Waals surface area contributed by atoms with E-state index in [0.29, 0.717) is 22.5 Å². The molecule has 1 saturated heterocycles. The topological polar surface area (TPSA) is 174 Å². The Morgan fingerprint density at radius 1 is 1.00 bits per heavy atom. The summed E-state index contributed by atoms with van der Waals surface area (Å²) < 4.78 is 29.3. The SMILES string of the molecule is Cc1cccc(CN2C(=O)CN(C(C(N)=O)(C(C)C)[C@H](Cc3ccccc3)[C@@H](O)CN(CC(C)C)S(=O)(=O)c3ccc(O)c(C)c3)C2=O)n1. The van der Waals surface area contributed by atoms with Crippen LogP contribution in [-0.4, -0.2) is 86.8 Å². The molecule has 49 heavy (non-hydrogen) atoms. The van der Waals surface area contributed by atoms with Gasteiger partial charge in [-0.1, -0.05) is 64.1 Å². The number of hydrogen-bond acceptors (Lipinski definition) is 8. The minimum atomic E-state index is -4.21. The maximum absolute atomic E-state index is 14.2. The molecule has 4 rings (SSSR count). The van der Waals surface area contributed by atoms with Crippen LogP contribution in [0.15, 0.2) is 71.6 Å². The van der Waals surface area contributed by atoms with Crippen LogP contribution < -0.4 is 5.73 Å². The van der Waals surface area contributed by atoms with Gasteiger partial charge >= 0.3 is 6.03 Å². The van der Waals surface area contributed by atoms with Gasteiger partial charge in [-0.3, -0.25) is 24.4 Å². The van der Waals surface area contributed by atoms with Crippen molar-refractivity contribution in [2.24, 2.45) is 23.5 Å². The Morgan fingerprint density at radius 2 is 1.67 bits per heavy atom. The summed E-state index contributed by atoms with van der Waals surface area (Å²) in [6.07, 6.45) is -1.49. The number of aryl methyl sites for hydroxylation is 2. The summed E-state index contributed by atoms with van der Waals surface area (Å²) in [4.78, 5) is 48.1. The van der Waals surface area contributed by atoms with Crippen molar-refractivity contribution >= 4 is 27.9 Å². The number of aliphatic hydroxyl groups excluding tert-OH is 1. The molecule has 1 aliphatic rings. The number of primary amides is 1. The van der Waals surface area contributed by atoms with Crippen LogP contribution in [0.1, 0.15) is 50.2 Å². The van der Waals surface area contributed by atoms with Gasteiger partial charge in [-0.25, -0.2) is 13.2 Å². The highest BCUT2D eigenvalue weighted by molar-refractivity contribution is 7.89. The summed E-state index contributed by atoms with van der Waals surface area (Å²) >= 11 is 0. The second kappa shape index (κ2) is 15.1. The van der Waals surface area contributed by atoms with Crippen molar-refractivity contribution in [3.63, 3.8) is 0 Å². The van der Waals surface area contributed by atoms with E-state index in [-0.39, 0.29) is 36.1 Å². The smallest absolute Gasteiger partial charge is 0.328 e. The van der Waals surface area contributed by atoms with Gasteiger partial charge in [-0.05, 0) is 73.6 Å². The first kappa shape index (κ1) is 37.5. The second-order valence-electron chi connectivity index (χ2n) is 13.5. The zero-order valence-corrected chi connectivity index (χ0v) is 29.7. The normalized spacial score (nSPS) is 16.4. The van der Waals surface area contributed by atoms with Crippen LogP contribution >= 0.6 is 0 Å². The maximum Gasteiger partial charge on any atom is 0.328 e. The number of pyridine rings is 1. The molecule has 12 nitrogen and oxygen atoms in total. The summed E-state index contributed by atoms with van der Waals surface area (Å²) in [7, 11) is -4.21. The summed E-state index contributed by atoms with van der Waals surface area (Å²) in [5.74, 6) is -3.55. The molecular weight excluding hydrogens is 646 g/mol. The van der Waals surface area contributed by atoms with Gasteiger partial charge in [0.05, 0.1) is 23.2 Å². The molecule has 1 unspecified atom stereocenters. The molecule has 4 amide bonds. The fourth-order valence-electron chi connectivity index (χ4n) is 6.78. The molecule has 1 aromatic heterocycles. The molecule has 0 spiro atoms. The molecule has 1 fully saturated rings. The van der Waals surface area contributed by atoms with Crippen molar-refractivity contribution in [2.45, 2.75) is 71.0 Å². The second-order valence-corrected chi connectivity index (χ2v) is 15.4. The number of carbonyl (C=O) groups excluding carboxylic acids is 3. The number of aromatic nitrogens is 1. The first-order valence-electron chi connectivity index (χ1n) is 16.4. The molecule has 0 bridgehead atoms. The van der Waals surface area contributed by atoms with E-state index in [1.165, 1.54) is 18.2 Å². The summed E-state index contributed by atoms with van der Waals surface area (Å²) in [6, 6.07) is 17.5. The number of urea groups is 1. The fraction of sp³-hybridized carbons (Fsp3) is 0.444. The number of sulfonamides is 1. The first-order chi connectivity index (χ1) is 23.0. The standard InChI is InChI=1S/C36H47N5O7S/c1-23(2)19-39(49(47,48)29-15-16-31(42)25(5)17-29)21-32(43)30(18-27-12-8-7-9-13-27)36(24(3)4,34(37)45)41-22-33(44)40(35(41)46)20-28-14-10-11-26(6)38-28/h7-17,23-24,30,32,42-43H,18-22H2,1-6H3,(H2,37,45)/t30-,32+,36?/m1/s1. The van der Waals surface area contributed by atoms with Gasteiger partial charge in [0.2, 0.25) is 15.9 Å². The zero-order chi connectivity index (χ0) is 36.3. The van der Waals surface area contributed by atoms with Crippen molar-refractivity contribution in [1.82, 2.24) is 19.1 Å². The first-order valence-corrected chi connectivity index (χ1v) is 17.8. The lowest BCUT2D eigenvalue weighted by molar-refractivity contribution is -0.140. The number of benzene rings is 2. The van der Waals surface area contributed by atoms with E-state index in [1.807, 2.05) is 19.9 Å². The summed E-state index contributed by atoms with van der Waals surface area (Å²) in [5.41, 5.74) is 6.60. The number of phenols is 1. The van der Waals surface area contributed by atoms with Crippen LogP contribution in [0.4, 0.5) is 4.79 Å². The van der Waals surface area contributed by atoms with Gasteiger partial charge in [0.15, 0.2) is 0 Å². The lowest BCUT2D eigenvalue weighted by Gasteiger charge is -2.49. The average Bonchev–Trinajstić information content (AvgIpc) is 3.30. The Bertz CT molecular complexity index is 1780. The number of aliphatic hydroxyl groups is 1. The fourth-order valence-corrected chi connectivity index (χ4v) is 8.49. The van der Waals surface area contributed by atoms with Gasteiger partial charge in [0.1, 0.15) is 17.8 Å². The number of hydrogen-bond donors (Lipinski definition) is 3. The third-order valence-electron chi connectivity index (χ3n) is 9.14. The molecule has 0 aliphatic carbocycles. The van der Waals surface area contributed by atoms with Crippen LogP contribution in [0.2, 0.25) is 0 Å². The molecule has 1 aliphatic heterocycles. The van der Waals surface area contributed by atoms with Crippen molar-refractivity contribution in [3.8, 4) is 5.75 Å². The number of imide groups is 1. The van der Waals surface area contributed by atoms with Crippen LogP contribution in [0.3, 0.4) is 0 Å². The van der Waals surface area contributed by atoms with E-state index in [1.54, 1.807) is 70.2 Å². The average molecular weight is 694 g/mol. The van der Waals surface area contributed by atoms with E-state index < -0.39 is 64.4 Å². The van der Waals surface area contributed by atoms with Crippen molar-refractivity contribution in [2.75, 3.05) is 19.6 Å². The molecule has 4 N–H and O–H groups in total. The van der Waals surface area contributed by atoms with Gasteiger partial charge in [0, 0.05) is 24.7 Å². The van der Waals surface area contributed by atoms with E-state index in [9.17, 15) is 33.0 Å². The Morgan fingerprint density at radius 3 is 2.24 bits per heavy atom.